The van der Waals surface area contributed by atoms with Crippen molar-refractivity contribution in [2.75, 3.05) is 22.6 Å². The molecule has 2 amide bonds. The number of ether oxygens (including phenoxy) is 1. The van der Waals surface area contributed by atoms with Gasteiger partial charge in [0.1, 0.15) is 11.9 Å². The molecule has 0 bridgehead atoms. The first-order valence-corrected chi connectivity index (χ1v) is 8.38. The molecule has 1 aromatic carbocycles. The van der Waals surface area contributed by atoms with E-state index in [-0.39, 0.29) is 30.1 Å². The number of hydrogen-bond donors (Lipinski definition) is 2. The van der Waals surface area contributed by atoms with Gasteiger partial charge in [0.25, 0.3) is 5.91 Å². The molecule has 2 aromatic rings. The number of aryl methyl sites for hydroxylation is 3. The molecule has 1 aliphatic heterocycles. The fourth-order valence-electron chi connectivity index (χ4n) is 3.18. The van der Waals surface area contributed by atoms with E-state index in [4.69, 9.17) is 10.5 Å². The van der Waals surface area contributed by atoms with Crippen LogP contribution in [0.15, 0.2) is 24.3 Å². The number of aromatic nitrogens is 1. The van der Waals surface area contributed by atoms with Crippen molar-refractivity contribution in [2.45, 2.75) is 33.7 Å². The van der Waals surface area contributed by atoms with Gasteiger partial charge in [-0.05, 0) is 51.0 Å². The smallest absolute Gasteiger partial charge is 0.266 e. The molecule has 0 radical (unpaired) electrons. The van der Waals surface area contributed by atoms with Crippen molar-refractivity contribution in [3.8, 4) is 5.75 Å². The summed E-state index contributed by atoms with van der Waals surface area (Å²) in [6.07, 6.45) is 0. The minimum Gasteiger partial charge on any atom is -0.480 e. The van der Waals surface area contributed by atoms with Gasteiger partial charge in [-0.3, -0.25) is 14.5 Å². The van der Waals surface area contributed by atoms with E-state index in [1.54, 1.807) is 19.1 Å². The third-order valence-corrected chi connectivity index (χ3v) is 4.40. The zero-order valence-electron chi connectivity index (χ0n) is 15.3. The minimum absolute atomic E-state index is 0.140. The molecule has 0 saturated carbocycles. The maximum Gasteiger partial charge on any atom is 0.266 e. The average molecular weight is 354 g/mol. The number of pyridine rings is 1. The Morgan fingerprint density at radius 2 is 1.92 bits per heavy atom. The number of nitrogens with zero attached hydrogens (tertiary/aromatic N) is 2. The van der Waals surface area contributed by atoms with Gasteiger partial charge in [0, 0.05) is 5.69 Å². The number of nitrogen functional groups attached to an aromatic ring is 1. The van der Waals surface area contributed by atoms with E-state index in [0.29, 0.717) is 5.75 Å². The first-order chi connectivity index (χ1) is 12.3. The Labute approximate surface area is 152 Å². The van der Waals surface area contributed by atoms with Crippen LogP contribution in [0, 0.1) is 20.8 Å². The molecule has 0 fully saturated rings. The van der Waals surface area contributed by atoms with Crippen LogP contribution < -0.4 is 20.7 Å². The molecule has 1 aliphatic rings. The van der Waals surface area contributed by atoms with Crippen LogP contribution in [-0.4, -0.2) is 29.4 Å². The van der Waals surface area contributed by atoms with E-state index in [9.17, 15) is 9.59 Å². The number of anilines is 3. The van der Waals surface area contributed by atoms with Crippen LogP contribution in [0.3, 0.4) is 0 Å². The van der Waals surface area contributed by atoms with E-state index in [2.05, 4.69) is 10.3 Å². The fourth-order valence-corrected chi connectivity index (χ4v) is 3.18. The van der Waals surface area contributed by atoms with Gasteiger partial charge in [0.15, 0.2) is 18.2 Å². The Morgan fingerprint density at radius 1 is 1.27 bits per heavy atom. The van der Waals surface area contributed by atoms with E-state index in [1.807, 2.05) is 32.9 Å². The van der Waals surface area contributed by atoms with Gasteiger partial charge < -0.3 is 15.8 Å². The highest BCUT2D eigenvalue weighted by molar-refractivity contribution is 6.06. The number of amides is 2. The summed E-state index contributed by atoms with van der Waals surface area (Å²) in [4.78, 5) is 30.7. The SMILES string of the molecule is Cc1cc(C)c(NC(=O)C(C)N2C(=O)COc3ccc(N)nc32)c(C)c1. The van der Waals surface area contributed by atoms with Crippen LogP contribution in [0.4, 0.5) is 17.3 Å². The van der Waals surface area contributed by atoms with Crippen molar-refractivity contribution >= 4 is 29.1 Å². The first-order valence-electron chi connectivity index (χ1n) is 8.38. The van der Waals surface area contributed by atoms with Crippen LogP contribution in [-0.2, 0) is 9.59 Å². The second-order valence-corrected chi connectivity index (χ2v) is 6.55. The Hall–Kier alpha value is -3.09. The van der Waals surface area contributed by atoms with E-state index in [0.717, 1.165) is 22.4 Å². The molecule has 0 saturated heterocycles. The number of fused-ring (bicyclic) bond motifs is 1. The maximum absolute atomic E-state index is 12.8. The summed E-state index contributed by atoms with van der Waals surface area (Å²) in [6.45, 7) is 7.41. The van der Waals surface area contributed by atoms with Gasteiger partial charge in [-0.25, -0.2) is 4.98 Å². The van der Waals surface area contributed by atoms with Crippen LogP contribution in [0.2, 0.25) is 0 Å². The Balaban J connectivity index is 1.90. The first kappa shape index (κ1) is 17.7. The standard InChI is InChI=1S/C19H22N4O3/c1-10-7-11(2)17(12(3)8-10)22-19(25)13(4)23-16(24)9-26-14-5-6-15(20)21-18(14)23/h5-8,13H,9H2,1-4H3,(H2,20,21)(H,22,25). The van der Waals surface area contributed by atoms with Crippen molar-refractivity contribution in [1.29, 1.82) is 0 Å². The summed E-state index contributed by atoms with van der Waals surface area (Å²) in [5.41, 5.74) is 9.57. The maximum atomic E-state index is 12.8. The number of nitrogens with one attached hydrogen (secondary N) is 1. The average Bonchev–Trinajstić information content (AvgIpc) is 2.57. The lowest BCUT2D eigenvalue weighted by atomic mass is 10.0. The Kier molecular flexibility index (Phi) is 4.54. The van der Waals surface area contributed by atoms with Gasteiger partial charge >= 0.3 is 0 Å². The highest BCUT2D eigenvalue weighted by Crippen LogP contribution is 2.32. The molecule has 3 N–H and O–H groups in total. The zero-order chi connectivity index (χ0) is 19.0. The minimum atomic E-state index is -0.764. The molecular formula is C19H22N4O3. The molecule has 1 atom stereocenters. The summed E-state index contributed by atoms with van der Waals surface area (Å²) in [7, 11) is 0. The molecular weight excluding hydrogens is 332 g/mol. The molecule has 1 aromatic heterocycles. The Morgan fingerprint density at radius 3 is 2.58 bits per heavy atom. The number of hydrogen-bond acceptors (Lipinski definition) is 5. The second kappa shape index (κ2) is 6.67. The zero-order valence-corrected chi connectivity index (χ0v) is 15.3. The lowest BCUT2D eigenvalue weighted by molar-refractivity contribution is -0.125. The normalized spacial score (nSPS) is 14.5. The molecule has 7 heteroatoms. The van der Waals surface area contributed by atoms with Gasteiger partial charge in [0.05, 0.1) is 0 Å². The van der Waals surface area contributed by atoms with Crippen LogP contribution >= 0.6 is 0 Å². The van der Waals surface area contributed by atoms with Crippen molar-refractivity contribution in [2.24, 2.45) is 0 Å². The molecule has 0 aliphatic carbocycles. The molecule has 26 heavy (non-hydrogen) atoms. The third-order valence-electron chi connectivity index (χ3n) is 4.40. The summed E-state index contributed by atoms with van der Waals surface area (Å²) < 4.78 is 5.38. The van der Waals surface area contributed by atoms with Gasteiger partial charge in [-0.2, -0.15) is 0 Å². The summed E-state index contributed by atoms with van der Waals surface area (Å²) in [6, 6.07) is 6.49. The number of carbonyl (C=O) groups excluding carboxylic acids is 2. The molecule has 1 unspecified atom stereocenters. The van der Waals surface area contributed by atoms with Crippen molar-refractivity contribution in [3.63, 3.8) is 0 Å². The summed E-state index contributed by atoms with van der Waals surface area (Å²) in [5, 5.41) is 2.94. The second-order valence-electron chi connectivity index (χ2n) is 6.55. The predicted octanol–water partition coefficient (Wildman–Crippen LogP) is 2.34. The van der Waals surface area contributed by atoms with Crippen LogP contribution in [0.25, 0.3) is 0 Å². The van der Waals surface area contributed by atoms with Crippen molar-refractivity contribution in [3.05, 3.63) is 41.0 Å². The van der Waals surface area contributed by atoms with Crippen LogP contribution in [0.5, 0.6) is 5.75 Å². The summed E-state index contributed by atoms with van der Waals surface area (Å²) >= 11 is 0. The lowest BCUT2D eigenvalue weighted by Crippen LogP contribution is -2.50. The van der Waals surface area contributed by atoms with Gasteiger partial charge in [0.2, 0.25) is 5.91 Å². The van der Waals surface area contributed by atoms with E-state index in [1.165, 1.54) is 4.90 Å². The molecule has 0 spiro atoms. The molecule has 136 valence electrons. The van der Waals surface area contributed by atoms with Crippen LogP contribution in [0.1, 0.15) is 23.6 Å². The quantitative estimate of drug-likeness (QED) is 0.882. The van der Waals surface area contributed by atoms with Gasteiger partial charge in [-0.1, -0.05) is 17.7 Å². The fraction of sp³-hybridized carbons (Fsp3) is 0.316. The number of nitrogens with two attached hydrogens (primary N) is 1. The highest BCUT2D eigenvalue weighted by atomic mass is 16.5. The molecule has 3 rings (SSSR count). The largest absolute Gasteiger partial charge is 0.480 e. The molecule has 2 heterocycles. The van der Waals surface area contributed by atoms with E-state index >= 15 is 0 Å². The monoisotopic (exact) mass is 354 g/mol. The van der Waals surface area contributed by atoms with E-state index < -0.39 is 6.04 Å². The topological polar surface area (TPSA) is 97.5 Å². The lowest BCUT2D eigenvalue weighted by Gasteiger charge is -2.32. The third kappa shape index (κ3) is 3.20. The summed E-state index contributed by atoms with van der Waals surface area (Å²) in [5.74, 6) is 0.313. The van der Waals surface area contributed by atoms with Gasteiger partial charge in [-0.15, -0.1) is 0 Å². The Bertz CT molecular complexity index is 871. The van der Waals surface area contributed by atoms with Crippen molar-refractivity contribution < 1.29 is 14.3 Å². The van der Waals surface area contributed by atoms with Crippen molar-refractivity contribution in [1.82, 2.24) is 4.98 Å². The number of carbonyl (C=O) groups is 2. The predicted molar refractivity (Wildman–Crippen MR) is 100 cm³/mol. The highest BCUT2D eigenvalue weighted by Gasteiger charge is 2.34. The molecule has 7 nitrogen and oxygen atoms in total. The number of benzene rings is 1. The number of rotatable bonds is 3.